The predicted octanol–water partition coefficient (Wildman–Crippen LogP) is 1.77. The van der Waals surface area contributed by atoms with Crippen molar-refractivity contribution in [2.45, 2.75) is 32.6 Å². The van der Waals surface area contributed by atoms with Crippen LogP contribution in [0.2, 0.25) is 0 Å². The van der Waals surface area contributed by atoms with Crippen molar-refractivity contribution in [1.29, 1.82) is 0 Å². The second kappa shape index (κ2) is 5.93. The highest BCUT2D eigenvalue weighted by molar-refractivity contribution is 5.75. The van der Waals surface area contributed by atoms with Gasteiger partial charge in [-0.05, 0) is 49.4 Å². The molecule has 19 heavy (non-hydrogen) atoms. The second-order valence-corrected chi connectivity index (χ2v) is 4.84. The number of nitrogens with two attached hydrogens (primary N) is 1. The molecule has 0 unspecified atom stereocenters. The Morgan fingerprint density at radius 2 is 2.00 bits per heavy atom. The van der Waals surface area contributed by atoms with E-state index in [0.717, 1.165) is 35.8 Å². The lowest BCUT2D eigenvalue weighted by molar-refractivity contribution is -0.130. The van der Waals surface area contributed by atoms with Crippen molar-refractivity contribution in [2.24, 2.45) is 5.84 Å². The monoisotopic (exact) mass is 264 g/mol. The fraction of sp³-hybridized carbons (Fsp3) is 0.500. The molecular formula is C14H20N2O3. The van der Waals surface area contributed by atoms with Crippen LogP contribution in [0.15, 0.2) is 12.1 Å². The number of hydrazine groups is 1. The average molecular weight is 264 g/mol. The highest BCUT2D eigenvalue weighted by Gasteiger charge is 2.15. The van der Waals surface area contributed by atoms with E-state index in [0.29, 0.717) is 13.2 Å². The van der Waals surface area contributed by atoms with Gasteiger partial charge >= 0.3 is 0 Å². The van der Waals surface area contributed by atoms with Crippen molar-refractivity contribution in [3.8, 4) is 11.5 Å². The molecule has 0 aromatic heterocycles. The topological polar surface area (TPSA) is 64.8 Å². The molecule has 0 saturated carbocycles. The van der Waals surface area contributed by atoms with E-state index in [1.807, 2.05) is 12.1 Å². The highest BCUT2D eigenvalue weighted by Crippen LogP contribution is 2.35. The number of carbonyl (C=O) groups excluding carboxylic acids is 1. The third-order valence-corrected chi connectivity index (χ3v) is 3.31. The maximum Gasteiger partial charge on any atom is 0.236 e. The first-order valence-electron chi connectivity index (χ1n) is 6.48. The summed E-state index contributed by atoms with van der Waals surface area (Å²) >= 11 is 0. The van der Waals surface area contributed by atoms with Gasteiger partial charge < -0.3 is 9.47 Å². The van der Waals surface area contributed by atoms with Crippen LogP contribution in [0.3, 0.4) is 0 Å². The van der Waals surface area contributed by atoms with E-state index < -0.39 is 0 Å². The standard InChI is InChI=1S/C14H20N2O3/c1-10-7-12-13(19-9-18-12)8-11(10)5-3-4-6-14(17)16(2)15/h7-8H,3-6,9,15H2,1-2H3. The van der Waals surface area contributed by atoms with E-state index in [9.17, 15) is 4.79 Å². The number of rotatable bonds is 5. The van der Waals surface area contributed by atoms with Gasteiger partial charge in [0.25, 0.3) is 0 Å². The van der Waals surface area contributed by atoms with Crippen molar-refractivity contribution < 1.29 is 14.3 Å². The maximum atomic E-state index is 11.3. The third-order valence-electron chi connectivity index (χ3n) is 3.31. The molecule has 0 spiro atoms. The minimum absolute atomic E-state index is 0.0255. The Labute approximate surface area is 113 Å². The number of fused-ring (bicyclic) bond motifs is 1. The summed E-state index contributed by atoms with van der Waals surface area (Å²) in [6, 6.07) is 4.05. The van der Waals surface area contributed by atoms with Gasteiger partial charge in [-0.3, -0.25) is 9.80 Å². The minimum Gasteiger partial charge on any atom is -0.454 e. The molecule has 0 saturated heterocycles. The molecule has 0 radical (unpaired) electrons. The quantitative estimate of drug-likeness (QED) is 0.381. The predicted molar refractivity (Wildman–Crippen MR) is 71.8 cm³/mol. The third kappa shape index (κ3) is 3.38. The van der Waals surface area contributed by atoms with Crippen molar-refractivity contribution in [1.82, 2.24) is 5.01 Å². The van der Waals surface area contributed by atoms with Crippen LogP contribution in [-0.2, 0) is 11.2 Å². The fourth-order valence-electron chi connectivity index (χ4n) is 2.12. The molecule has 1 aliphatic heterocycles. The average Bonchev–Trinajstić information content (AvgIpc) is 2.81. The van der Waals surface area contributed by atoms with Crippen LogP contribution in [-0.4, -0.2) is 24.8 Å². The van der Waals surface area contributed by atoms with Crippen LogP contribution in [0.25, 0.3) is 0 Å². The Balaban J connectivity index is 1.85. The van der Waals surface area contributed by atoms with Gasteiger partial charge in [0.1, 0.15) is 0 Å². The zero-order valence-electron chi connectivity index (χ0n) is 11.4. The summed E-state index contributed by atoms with van der Waals surface area (Å²) in [6.45, 7) is 2.37. The lowest BCUT2D eigenvalue weighted by atomic mass is 10.0. The SMILES string of the molecule is Cc1cc2c(cc1CCCCC(=O)N(C)N)OCO2. The van der Waals surface area contributed by atoms with Gasteiger partial charge in [0.2, 0.25) is 12.7 Å². The molecular weight excluding hydrogens is 244 g/mol. The molecule has 1 aromatic carbocycles. The number of amides is 1. The first kappa shape index (κ1) is 13.7. The van der Waals surface area contributed by atoms with E-state index in [1.165, 1.54) is 11.1 Å². The molecule has 2 rings (SSSR count). The number of aryl methyl sites for hydroxylation is 2. The molecule has 5 nitrogen and oxygen atoms in total. The van der Waals surface area contributed by atoms with Gasteiger partial charge in [-0.15, -0.1) is 0 Å². The van der Waals surface area contributed by atoms with Gasteiger partial charge in [-0.2, -0.15) is 0 Å². The number of carbonyl (C=O) groups is 1. The molecule has 1 aliphatic rings. The number of hydrogen-bond acceptors (Lipinski definition) is 4. The summed E-state index contributed by atoms with van der Waals surface area (Å²) < 4.78 is 10.7. The molecule has 2 N–H and O–H groups in total. The lowest BCUT2D eigenvalue weighted by Crippen LogP contribution is -2.32. The van der Waals surface area contributed by atoms with E-state index in [4.69, 9.17) is 15.3 Å². The summed E-state index contributed by atoms with van der Waals surface area (Å²) in [7, 11) is 1.57. The van der Waals surface area contributed by atoms with E-state index in [1.54, 1.807) is 7.05 Å². The summed E-state index contributed by atoms with van der Waals surface area (Å²) in [4.78, 5) is 11.3. The molecule has 1 aromatic rings. The Kier molecular flexibility index (Phi) is 4.27. The zero-order valence-corrected chi connectivity index (χ0v) is 11.4. The number of unbranched alkanes of at least 4 members (excludes halogenated alkanes) is 1. The first-order valence-corrected chi connectivity index (χ1v) is 6.48. The molecule has 0 aliphatic carbocycles. The van der Waals surface area contributed by atoms with Gasteiger partial charge in [-0.25, -0.2) is 5.84 Å². The van der Waals surface area contributed by atoms with Gasteiger partial charge in [0.15, 0.2) is 11.5 Å². The summed E-state index contributed by atoms with van der Waals surface area (Å²) in [5, 5.41) is 1.14. The summed E-state index contributed by atoms with van der Waals surface area (Å²) in [5.41, 5.74) is 2.45. The van der Waals surface area contributed by atoms with Crippen molar-refractivity contribution in [3.63, 3.8) is 0 Å². The van der Waals surface area contributed by atoms with Crippen LogP contribution >= 0.6 is 0 Å². The van der Waals surface area contributed by atoms with Crippen LogP contribution in [0, 0.1) is 6.92 Å². The molecule has 0 bridgehead atoms. The normalized spacial score (nSPS) is 12.6. The van der Waals surface area contributed by atoms with Crippen LogP contribution in [0.1, 0.15) is 30.4 Å². The Hall–Kier alpha value is -1.75. The first-order chi connectivity index (χ1) is 9.08. The van der Waals surface area contributed by atoms with E-state index >= 15 is 0 Å². The van der Waals surface area contributed by atoms with Gasteiger partial charge in [0.05, 0.1) is 0 Å². The molecule has 0 fully saturated rings. The fourth-order valence-corrected chi connectivity index (χ4v) is 2.12. The van der Waals surface area contributed by atoms with Crippen molar-refractivity contribution in [3.05, 3.63) is 23.3 Å². The van der Waals surface area contributed by atoms with Crippen LogP contribution in [0.5, 0.6) is 11.5 Å². The summed E-state index contributed by atoms with van der Waals surface area (Å²) in [6.07, 6.45) is 3.23. The Morgan fingerprint density at radius 3 is 2.68 bits per heavy atom. The second-order valence-electron chi connectivity index (χ2n) is 4.84. The molecule has 1 heterocycles. The van der Waals surface area contributed by atoms with Gasteiger partial charge in [-0.1, -0.05) is 0 Å². The Morgan fingerprint density at radius 1 is 1.32 bits per heavy atom. The van der Waals surface area contributed by atoms with Crippen LogP contribution in [0.4, 0.5) is 0 Å². The molecule has 0 atom stereocenters. The minimum atomic E-state index is -0.0255. The highest BCUT2D eigenvalue weighted by atomic mass is 16.7. The lowest BCUT2D eigenvalue weighted by Gasteiger charge is -2.10. The Bertz CT molecular complexity index is 472. The largest absolute Gasteiger partial charge is 0.454 e. The number of ether oxygens (including phenoxy) is 2. The van der Waals surface area contributed by atoms with E-state index in [-0.39, 0.29) is 5.91 Å². The molecule has 104 valence electrons. The van der Waals surface area contributed by atoms with Gasteiger partial charge in [0, 0.05) is 13.5 Å². The maximum absolute atomic E-state index is 11.3. The van der Waals surface area contributed by atoms with Crippen molar-refractivity contribution >= 4 is 5.91 Å². The summed E-state index contributed by atoms with van der Waals surface area (Å²) in [5.74, 6) is 6.98. The smallest absolute Gasteiger partial charge is 0.236 e. The zero-order chi connectivity index (χ0) is 13.8. The number of benzene rings is 1. The molecule has 1 amide bonds. The number of hydrogen-bond donors (Lipinski definition) is 1. The number of nitrogens with zero attached hydrogens (tertiary/aromatic N) is 1. The van der Waals surface area contributed by atoms with Crippen molar-refractivity contribution in [2.75, 3.05) is 13.8 Å². The van der Waals surface area contributed by atoms with Crippen LogP contribution < -0.4 is 15.3 Å². The van der Waals surface area contributed by atoms with E-state index in [2.05, 4.69) is 6.92 Å². The molecule has 5 heteroatoms.